The average molecular weight is 705 g/mol. The molecule has 2 N–H and O–H groups in total. The van der Waals surface area contributed by atoms with Crippen LogP contribution in [0.15, 0.2) is 128 Å². The summed E-state index contributed by atoms with van der Waals surface area (Å²) in [6.45, 7) is 2.46. The van der Waals surface area contributed by atoms with E-state index in [2.05, 4.69) is 31.9 Å². The Hall–Kier alpha value is -2.99. The topological polar surface area (TPSA) is 67.5 Å². The molecule has 0 saturated carbocycles. The zero-order chi connectivity index (χ0) is 27.6. The fourth-order valence-corrected chi connectivity index (χ4v) is 4.62. The molecule has 0 saturated heterocycles. The summed E-state index contributed by atoms with van der Waals surface area (Å²) in [5.74, 6) is 0.528. The van der Waals surface area contributed by atoms with E-state index in [1.54, 1.807) is 0 Å². The maximum atomic E-state index is 10.9. The summed E-state index contributed by atoms with van der Waals surface area (Å²) in [4.78, 5) is 31.7. The van der Waals surface area contributed by atoms with Crippen molar-refractivity contribution in [2.75, 3.05) is 6.54 Å². The van der Waals surface area contributed by atoms with E-state index >= 15 is 0 Å². The molecule has 4 rings (SSSR count). The standard InChI is InChI=1S/C33H28Br2N2O2.Ni/c1-23(37-31(25-10-6-3-7-11-25)21-33(39)27-14-18-29(35)19-15-27)22-36-30(24-8-4-2-5-9-24)20-32(38)26-12-16-28(34)17-13-26;/h2-19,23H,20-22H2,1H3;/p+2. The molecule has 4 aromatic rings. The number of benzene rings is 4. The van der Waals surface area contributed by atoms with Gasteiger partial charge in [-0.1, -0.05) is 92.5 Å². The van der Waals surface area contributed by atoms with Crippen molar-refractivity contribution in [3.63, 3.8) is 0 Å². The molecular formula is C33H30Br2N2NiO2+2. The van der Waals surface area contributed by atoms with Crippen molar-refractivity contribution in [1.29, 1.82) is 0 Å². The van der Waals surface area contributed by atoms with Crippen LogP contribution in [0.5, 0.6) is 0 Å². The van der Waals surface area contributed by atoms with Crippen molar-refractivity contribution in [2.24, 2.45) is 9.98 Å². The Labute approximate surface area is 262 Å². The van der Waals surface area contributed by atoms with E-state index in [1.807, 2.05) is 116 Å². The summed E-state index contributed by atoms with van der Waals surface area (Å²) < 4.78 is 1.92. The Balaban J connectivity index is 0.00000441. The fourth-order valence-electron chi connectivity index (χ4n) is 4.09. The number of hydrogen-bond donors (Lipinski definition) is 0. The van der Waals surface area contributed by atoms with Gasteiger partial charge in [-0.25, -0.2) is 0 Å². The molecule has 0 aromatic heterocycles. The summed E-state index contributed by atoms with van der Waals surface area (Å²) in [5, 5.41) is 0. The maximum absolute atomic E-state index is 10.9. The molecule has 206 valence electrons. The Morgan fingerprint density at radius 2 is 1.00 bits per heavy atom. The molecule has 0 fully saturated rings. The van der Waals surface area contributed by atoms with Crippen LogP contribution in [0.25, 0.3) is 0 Å². The first kappa shape index (κ1) is 31.5. The van der Waals surface area contributed by atoms with Gasteiger partial charge in [-0.05, 0) is 66.6 Å². The van der Waals surface area contributed by atoms with Crippen molar-refractivity contribution in [3.8, 4) is 0 Å². The molecule has 0 amide bonds. The SMILES string of the molecule is CC(CN=C(CC(=[OH+])c1ccc(Br)cc1)c1ccccc1)N=C(CC(=[OH+])c1ccc(Br)cc1)c1ccccc1.[Ni]. The Morgan fingerprint density at radius 1 is 0.600 bits per heavy atom. The third-order valence-corrected chi connectivity index (χ3v) is 7.22. The molecule has 0 heterocycles. The largest absolute Gasteiger partial charge is 0.329 e. The van der Waals surface area contributed by atoms with Gasteiger partial charge in [0.05, 0.1) is 35.1 Å². The molecular weight excluding hydrogens is 675 g/mol. The van der Waals surface area contributed by atoms with E-state index in [-0.39, 0.29) is 34.1 Å². The van der Waals surface area contributed by atoms with E-state index in [0.717, 1.165) is 42.6 Å². The number of aliphatic imine (C=N–C) groups is 2. The molecule has 1 unspecified atom stereocenters. The van der Waals surface area contributed by atoms with Crippen LogP contribution in [-0.2, 0) is 16.5 Å². The third kappa shape index (κ3) is 9.30. The average Bonchev–Trinajstić information content (AvgIpc) is 2.96. The second kappa shape index (κ2) is 15.7. The Morgan fingerprint density at radius 3 is 1.45 bits per heavy atom. The van der Waals surface area contributed by atoms with Gasteiger partial charge < -0.3 is 0 Å². The van der Waals surface area contributed by atoms with Gasteiger partial charge in [0.2, 0.25) is 0 Å². The van der Waals surface area contributed by atoms with Gasteiger partial charge >= 0.3 is 11.6 Å². The van der Waals surface area contributed by atoms with Crippen LogP contribution in [0.3, 0.4) is 0 Å². The second-order valence-electron chi connectivity index (χ2n) is 9.20. The molecule has 1 atom stereocenters. The van der Waals surface area contributed by atoms with Gasteiger partial charge in [0.1, 0.15) is 12.8 Å². The van der Waals surface area contributed by atoms with Gasteiger partial charge in [-0.3, -0.25) is 19.6 Å². The number of ketones is 2. The predicted octanol–water partition coefficient (Wildman–Crippen LogP) is 7.84. The third-order valence-electron chi connectivity index (χ3n) is 6.16. The molecule has 0 bridgehead atoms. The van der Waals surface area contributed by atoms with Crippen molar-refractivity contribution in [2.45, 2.75) is 25.8 Å². The molecule has 0 aliphatic heterocycles. The number of halogens is 2. The minimum absolute atomic E-state index is 0. The van der Waals surface area contributed by atoms with Crippen molar-refractivity contribution in [1.82, 2.24) is 0 Å². The maximum Gasteiger partial charge on any atom is 0.329 e. The zero-order valence-electron chi connectivity index (χ0n) is 22.0. The first-order chi connectivity index (χ1) is 18.9. The van der Waals surface area contributed by atoms with Gasteiger partial charge in [0.25, 0.3) is 0 Å². The predicted molar refractivity (Wildman–Crippen MR) is 170 cm³/mol. The molecule has 0 radical (unpaired) electrons. The fraction of sp³-hybridized carbons (Fsp3) is 0.152. The molecule has 0 spiro atoms. The monoisotopic (exact) mass is 702 g/mol. The molecule has 0 aliphatic carbocycles. The molecule has 4 aromatic carbocycles. The van der Waals surface area contributed by atoms with Crippen molar-refractivity contribution >= 4 is 54.8 Å². The molecule has 4 nitrogen and oxygen atoms in total. The van der Waals surface area contributed by atoms with E-state index < -0.39 is 0 Å². The summed E-state index contributed by atoms with van der Waals surface area (Å²) in [6.07, 6.45) is 0.620. The normalized spacial score (nSPS) is 12.4. The van der Waals surface area contributed by atoms with Crippen LogP contribution in [0.1, 0.15) is 42.0 Å². The molecule has 0 aliphatic rings. The van der Waals surface area contributed by atoms with Crippen molar-refractivity contribution < 1.29 is 26.1 Å². The number of nitrogens with zero attached hydrogens (tertiary/aromatic N) is 2. The second-order valence-corrected chi connectivity index (χ2v) is 11.0. The number of carbonyl (C=O) groups excluding carboxylic acids is 2. The number of rotatable bonds is 11. The van der Waals surface area contributed by atoms with Gasteiger partial charge in [0, 0.05) is 25.4 Å². The summed E-state index contributed by atoms with van der Waals surface area (Å²) in [7, 11) is 0. The Kier molecular flexibility index (Phi) is 12.4. The number of hydrogen-bond acceptors (Lipinski definition) is 2. The van der Waals surface area contributed by atoms with Crippen LogP contribution < -0.4 is 0 Å². The van der Waals surface area contributed by atoms with E-state index in [9.17, 15) is 9.59 Å². The van der Waals surface area contributed by atoms with Gasteiger partial charge in [-0.15, -0.1) is 0 Å². The first-order valence-corrected chi connectivity index (χ1v) is 14.3. The van der Waals surface area contributed by atoms with Gasteiger partial charge in [0.15, 0.2) is 0 Å². The van der Waals surface area contributed by atoms with E-state index in [4.69, 9.17) is 9.98 Å². The summed E-state index contributed by atoms with van der Waals surface area (Å²) in [6, 6.07) is 34.9. The summed E-state index contributed by atoms with van der Waals surface area (Å²) in [5.41, 5.74) is 5.03. The quantitative estimate of drug-likeness (QED) is 0.0661. The van der Waals surface area contributed by atoms with Crippen LogP contribution in [0, 0.1) is 0 Å². The van der Waals surface area contributed by atoms with E-state index in [0.29, 0.717) is 19.4 Å². The van der Waals surface area contributed by atoms with Crippen LogP contribution in [0.2, 0.25) is 0 Å². The first-order valence-electron chi connectivity index (χ1n) is 12.7. The minimum atomic E-state index is -0.147. The van der Waals surface area contributed by atoms with E-state index in [1.165, 1.54) is 0 Å². The van der Waals surface area contributed by atoms with Gasteiger partial charge in [-0.2, -0.15) is 0 Å². The van der Waals surface area contributed by atoms with Crippen LogP contribution in [-0.4, -0.2) is 45.2 Å². The zero-order valence-corrected chi connectivity index (χ0v) is 26.1. The van der Waals surface area contributed by atoms with Crippen LogP contribution >= 0.6 is 31.9 Å². The smallest absolute Gasteiger partial charge is 0.286 e. The van der Waals surface area contributed by atoms with Crippen LogP contribution in [0.4, 0.5) is 0 Å². The Bertz CT molecular complexity index is 1470. The molecule has 40 heavy (non-hydrogen) atoms. The molecule has 7 heteroatoms. The summed E-state index contributed by atoms with van der Waals surface area (Å²) >= 11 is 6.89. The van der Waals surface area contributed by atoms with Crippen molar-refractivity contribution in [3.05, 3.63) is 140 Å². The minimum Gasteiger partial charge on any atom is -0.286 e.